The van der Waals surface area contributed by atoms with Gasteiger partial charge in [0, 0.05) is 0 Å². The molecule has 0 spiro atoms. The molecule has 0 saturated carbocycles. The van der Waals surface area contributed by atoms with Crippen molar-refractivity contribution in [2.24, 2.45) is 0 Å². The van der Waals surface area contributed by atoms with Crippen molar-refractivity contribution in [1.29, 1.82) is 0 Å². The van der Waals surface area contributed by atoms with E-state index in [1.54, 1.807) is 37.3 Å². The van der Waals surface area contributed by atoms with Gasteiger partial charge in [0.25, 0.3) is 0 Å². The molecule has 0 aliphatic carbocycles. The molecule has 1 atom stereocenters. The molecule has 0 aromatic heterocycles. The quantitative estimate of drug-likeness (QED) is 0.360. The van der Waals surface area contributed by atoms with Gasteiger partial charge in [-0.3, -0.25) is 0 Å². The third-order valence-corrected chi connectivity index (χ3v) is 14.3. The molecule has 5 heteroatoms. The average molecular weight is 355 g/mol. The van der Waals surface area contributed by atoms with Gasteiger partial charge in [-0.15, -0.1) is 0 Å². The monoisotopic (exact) mass is 355 g/mol. The number of rotatable bonds is 4. The second kappa shape index (κ2) is 5.18. The summed E-state index contributed by atoms with van der Waals surface area (Å²) in [5.74, 6) is 8.82. The number of benzene rings is 1. The van der Waals surface area contributed by atoms with Crippen molar-refractivity contribution >= 4 is 36.0 Å². The Morgan fingerprint density at radius 2 is 1.75 bits per heavy atom. The molecule has 0 N–H and O–H groups in total. The predicted octanol–water partition coefficient (Wildman–Crippen LogP) is 2.29. The van der Waals surface area contributed by atoms with Gasteiger partial charge < -0.3 is 0 Å². The molecule has 0 amide bonds. The molecule has 1 aromatic carbocycles. The fourth-order valence-corrected chi connectivity index (χ4v) is 5.88. The van der Waals surface area contributed by atoms with Crippen LogP contribution in [0, 0.1) is 3.57 Å². The van der Waals surface area contributed by atoms with Gasteiger partial charge in [0.05, 0.1) is 0 Å². The van der Waals surface area contributed by atoms with Gasteiger partial charge in [-0.2, -0.15) is 0 Å². The summed E-state index contributed by atoms with van der Waals surface area (Å²) in [4.78, 5) is 1.76. The molecular formula is C11H16IO3S-. The van der Waals surface area contributed by atoms with Crippen LogP contribution < -0.4 is 9.47 Å². The third-order valence-electron chi connectivity index (χ3n) is 2.16. The van der Waals surface area contributed by atoms with Crippen LogP contribution in [0.4, 0.5) is 0 Å². The van der Waals surface area contributed by atoms with Crippen LogP contribution in [-0.2, 0) is 10.3 Å². The van der Waals surface area contributed by atoms with Crippen LogP contribution in [0.2, 0.25) is 0 Å². The summed E-state index contributed by atoms with van der Waals surface area (Å²) in [6, 6.07) is 5.33. The van der Waals surface area contributed by atoms with E-state index in [4.69, 9.17) is 9.47 Å². The van der Waals surface area contributed by atoms with E-state index in [1.807, 2.05) is 0 Å². The van der Waals surface area contributed by atoms with Gasteiger partial charge in [0.2, 0.25) is 0 Å². The first-order valence-electron chi connectivity index (χ1n) is 4.42. The van der Waals surface area contributed by atoms with E-state index in [0.29, 0.717) is 11.5 Å². The SMILES string of the molecule is C=[S-](=C)I(C)(=O)c1ccc(OC)c(OC)c1. The summed E-state index contributed by atoms with van der Waals surface area (Å²) in [7, 11) is 2.56. The Labute approximate surface area is 101 Å². The molecule has 1 unspecified atom stereocenters. The molecule has 0 radical (unpaired) electrons. The van der Waals surface area contributed by atoms with Crippen LogP contribution in [0.25, 0.3) is 0 Å². The van der Waals surface area contributed by atoms with Gasteiger partial charge in [-0.05, 0) is 0 Å². The Morgan fingerprint density at radius 3 is 2.19 bits per heavy atom. The second-order valence-corrected chi connectivity index (χ2v) is 17.0. The number of hydrogen-bond donors (Lipinski definition) is 0. The van der Waals surface area contributed by atoms with Crippen LogP contribution in [-0.4, -0.2) is 30.9 Å². The van der Waals surface area contributed by atoms with E-state index >= 15 is 0 Å². The van der Waals surface area contributed by atoms with Crippen molar-refractivity contribution < 1.29 is 12.5 Å². The first-order valence-corrected chi connectivity index (χ1v) is 12.6. The van der Waals surface area contributed by atoms with Crippen molar-refractivity contribution in [2.45, 2.75) is 0 Å². The Hall–Kier alpha value is -0.560. The van der Waals surface area contributed by atoms with Crippen molar-refractivity contribution in [3.63, 3.8) is 0 Å². The van der Waals surface area contributed by atoms with E-state index in [9.17, 15) is 3.07 Å². The molecule has 0 bridgehead atoms. The van der Waals surface area contributed by atoms with E-state index < -0.39 is 24.3 Å². The van der Waals surface area contributed by atoms with Crippen LogP contribution in [0.3, 0.4) is 0 Å². The average Bonchev–Trinajstić information content (AvgIpc) is 2.27. The summed E-state index contributed by atoms with van der Waals surface area (Å²) < 4.78 is 23.5. The Bertz CT molecular complexity index is 498. The zero-order valence-corrected chi connectivity index (χ0v) is 12.6. The van der Waals surface area contributed by atoms with Crippen LogP contribution in [0.5, 0.6) is 11.5 Å². The van der Waals surface area contributed by atoms with E-state index in [1.165, 1.54) is 0 Å². The second-order valence-electron chi connectivity index (χ2n) is 3.14. The summed E-state index contributed by atoms with van der Waals surface area (Å²) in [5, 5.41) is 0. The van der Waals surface area contributed by atoms with Gasteiger partial charge >= 0.3 is 101 Å². The van der Waals surface area contributed by atoms with E-state index in [0.717, 1.165) is 3.57 Å². The van der Waals surface area contributed by atoms with Crippen LogP contribution >= 0.6 is 17.0 Å². The number of methoxy groups -OCH3 is 2. The summed E-state index contributed by atoms with van der Waals surface area (Å²) in [5.41, 5.74) is 0. The molecule has 0 aliphatic rings. The van der Waals surface area contributed by atoms with Crippen molar-refractivity contribution in [2.75, 3.05) is 19.2 Å². The first kappa shape index (κ1) is 13.5. The Balaban J connectivity index is 3.34. The van der Waals surface area contributed by atoms with Gasteiger partial charge in [-0.25, -0.2) is 0 Å². The fraction of sp³-hybridized carbons (Fsp3) is 0.273. The Kier molecular flexibility index (Phi) is 4.37. The maximum atomic E-state index is 12.4. The predicted molar refractivity (Wildman–Crippen MR) is 80.5 cm³/mol. The van der Waals surface area contributed by atoms with Gasteiger partial charge in [0.15, 0.2) is 0 Å². The van der Waals surface area contributed by atoms with Crippen molar-refractivity contribution in [3.8, 4) is 11.5 Å². The molecule has 1 aromatic rings. The summed E-state index contributed by atoms with van der Waals surface area (Å²) in [6.07, 6.45) is 0. The summed E-state index contributed by atoms with van der Waals surface area (Å²) >= 11 is -3.27. The molecule has 92 valence electrons. The molecule has 0 heterocycles. The standard InChI is InChI=1S/C11H16IO3S/c1-12(13,16(4)5)9-6-7-10(14-2)11(8-9)15-3/h6-8H,4-5H2,1-3H3/q-1. The minimum atomic E-state index is -3.27. The normalized spacial score (nSPS) is 16.5. The maximum absolute atomic E-state index is 12.4. The molecule has 0 saturated heterocycles. The molecule has 0 aliphatic heterocycles. The fourth-order valence-electron chi connectivity index (χ4n) is 1.15. The zero-order chi connectivity index (χ0) is 12.3. The van der Waals surface area contributed by atoms with E-state index in [-0.39, 0.29) is 0 Å². The molecule has 0 fully saturated rings. The summed E-state index contributed by atoms with van der Waals surface area (Å²) in [6.45, 7) is 0. The first-order chi connectivity index (χ1) is 7.43. The van der Waals surface area contributed by atoms with E-state index in [2.05, 4.69) is 11.7 Å². The van der Waals surface area contributed by atoms with Crippen LogP contribution in [0.15, 0.2) is 18.2 Å². The molecule has 3 nitrogen and oxygen atoms in total. The van der Waals surface area contributed by atoms with Crippen molar-refractivity contribution in [3.05, 3.63) is 21.8 Å². The topological polar surface area (TPSA) is 35.5 Å². The third kappa shape index (κ3) is 2.57. The number of ether oxygens (including phenoxy) is 2. The zero-order valence-electron chi connectivity index (χ0n) is 9.66. The van der Waals surface area contributed by atoms with Gasteiger partial charge in [0.1, 0.15) is 0 Å². The molecule has 16 heavy (non-hydrogen) atoms. The minimum absolute atomic E-state index is 0.568. The number of hydrogen-bond acceptors (Lipinski definition) is 4. The number of alkyl halides is 1. The van der Waals surface area contributed by atoms with Crippen LogP contribution in [0.1, 0.15) is 0 Å². The Morgan fingerprint density at radius 1 is 1.19 bits per heavy atom. The molecular weight excluding hydrogens is 339 g/mol. The van der Waals surface area contributed by atoms with Crippen molar-refractivity contribution in [1.82, 2.24) is 0 Å². The van der Waals surface area contributed by atoms with Gasteiger partial charge in [-0.1, -0.05) is 0 Å². The molecule has 1 rings (SSSR count). The number of halogens is 1.